The molecule has 1 heterocycles. The van der Waals surface area contributed by atoms with Gasteiger partial charge in [-0.05, 0) is 19.1 Å². The van der Waals surface area contributed by atoms with Crippen LogP contribution in [0.2, 0.25) is 0 Å². The number of barbiturate groups is 1. The summed E-state index contributed by atoms with van der Waals surface area (Å²) in [6, 6.07) is 7.47. The number of nitrogens with zero attached hydrogens (tertiary/aromatic N) is 1. The van der Waals surface area contributed by atoms with Crippen molar-refractivity contribution in [1.82, 2.24) is 16.1 Å². The van der Waals surface area contributed by atoms with Crippen LogP contribution in [0, 0.1) is 5.92 Å². The molecule has 0 atom stereocenters. The average molecular weight is 288 g/mol. The van der Waals surface area contributed by atoms with Crippen LogP contribution in [0.25, 0.3) is 0 Å². The SMILES string of the molecule is C/C(=N\NC(=O)c1ccccc1)C1C(=O)NC(=O)NC1=O. The van der Waals surface area contributed by atoms with E-state index in [9.17, 15) is 19.2 Å². The number of rotatable bonds is 3. The summed E-state index contributed by atoms with van der Waals surface area (Å²) in [6.07, 6.45) is 0. The highest BCUT2D eigenvalue weighted by Crippen LogP contribution is 2.05. The molecule has 108 valence electrons. The van der Waals surface area contributed by atoms with Crippen molar-refractivity contribution in [3.05, 3.63) is 35.9 Å². The summed E-state index contributed by atoms with van der Waals surface area (Å²) in [6.45, 7) is 1.41. The van der Waals surface area contributed by atoms with E-state index in [1.807, 2.05) is 10.6 Å². The Kier molecular flexibility index (Phi) is 4.07. The predicted molar refractivity (Wildman–Crippen MR) is 72.2 cm³/mol. The third-order valence-corrected chi connectivity index (χ3v) is 2.79. The van der Waals surface area contributed by atoms with Crippen LogP contribution in [0.15, 0.2) is 35.4 Å². The predicted octanol–water partition coefficient (Wildman–Crippen LogP) is -0.226. The first-order valence-corrected chi connectivity index (χ1v) is 6.04. The topological polar surface area (TPSA) is 117 Å². The molecule has 0 aliphatic carbocycles. The van der Waals surface area contributed by atoms with Crippen LogP contribution < -0.4 is 16.1 Å². The first kappa shape index (κ1) is 14.4. The quantitative estimate of drug-likeness (QED) is 0.405. The van der Waals surface area contributed by atoms with Crippen LogP contribution in [0.4, 0.5) is 4.79 Å². The molecule has 21 heavy (non-hydrogen) atoms. The van der Waals surface area contributed by atoms with Crippen molar-refractivity contribution in [1.29, 1.82) is 0 Å². The molecule has 1 fully saturated rings. The zero-order valence-electron chi connectivity index (χ0n) is 11.0. The number of benzene rings is 1. The largest absolute Gasteiger partial charge is 0.328 e. The second-order valence-electron chi connectivity index (χ2n) is 4.30. The molecule has 1 aliphatic rings. The van der Waals surface area contributed by atoms with E-state index < -0.39 is 29.7 Å². The molecular formula is C13H12N4O4. The number of carbonyl (C=O) groups is 4. The molecule has 0 aromatic heterocycles. The van der Waals surface area contributed by atoms with Gasteiger partial charge < -0.3 is 0 Å². The average Bonchev–Trinajstić information content (AvgIpc) is 2.44. The minimum absolute atomic E-state index is 0.0711. The van der Waals surface area contributed by atoms with Crippen LogP contribution >= 0.6 is 0 Å². The molecule has 8 nitrogen and oxygen atoms in total. The van der Waals surface area contributed by atoms with Gasteiger partial charge in [0.25, 0.3) is 5.91 Å². The van der Waals surface area contributed by atoms with Crippen molar-refractivity contribution in [2.24, 2.45) is 11.0 Å². The summed E-state index contributed by atoms with van der Waals surface area (Å²) in [7, 11) is 0. The molecule has 0 bridgehead atoms. The van der Waals surface area contributed by atoms with Gasteiger partial charge in [-0.3, -0.25) is 25.0 Å². The minimum atomic E-state index is -1.25. The lowest BCUT2D eigenvalue weighted by atomic mass is 10.0. The van der Waals surface area contributed by atoms with Gasteiger partial charge in [0.15, 0.2) is 5.92 Å². The number of nitrogens with one attached hydrogen (secondary N) is 3. The first-order chi connectivity index (χ1) is 9.99. The summed E-state index contributed by atoms with van der Waals surface area (Å²) in [5.41, 5.74) is 2.71. The Morgan fingerprint density at radius 2 is 1.67 bits per heavy atom. The minimum Gasteiger partial charge on any atom is -0.277 e. The van der Waals surface area contributed by atoms with Crippen LogP contribution in [0.3, 0.4) is 0 Å². The van der Waals surface area contributed by atoms with Crippen molar-refractivity contribution < 1.29 is 19.2 Å². The molecule has 0 spiro atoms. The molecule has 1 aliphatic heterocycles. The van der Waals surface area contributed by atoms with Gasteiger partial charge in [0.1, 0.15) is 0 Å². The fraction of sp³-hybridized carbons (Fsp3) is 0.154. The second-order valence-corrected chi connectivity index (χ2v) is 4.30. The normalized spacial score (nSPS) is 16.2. The molecule has 1 aromatic rings. The molecule has 0 radical (unpaired) electrons. The molecule has 0 saturated carbocycles. The van der Waals surface area contributed by atoms with E-state index >= 15 is 0 Å². The highest BCUT2D eigenvalue weighted by Gasteiger charge is 2.36. The number of hydrazone groups is 1. The number of imide groups is 2. The maximum absolute atomic E-state index is 11.8. The van der Waals surface area contributed by atoms with E-state index in [1.165, 1.54) is 6.92 Å². The first-order valence-electron chi connectivity index (χ1n) is 6.04. The molecule has 5 amide bonds. The van der Waals surface area contributed by atoms with Crippen LogP contribution in [0.5, 0.6) is 0 Å². The van der Waals surface area contributed by atoms with Gasteiger partial charge in [-0.1, -0.05) is 18.2 Å². The third kappa shape index (κ3) is 3.30. The van der Waals surface area contributed by atoms with Gasteiger partial charge in [-0.2, -0.15) is 5.10 Å². The summed E-state index contributed by atoms with van der Waals surface area (Å²) in [4.78, 5) is 45.9. The van der Waals surface area contributed by atoms with Crippen molar-refractivity contribution in [3.63, 3.8) is 0 Å². The Morgan fingerprint density at radius 1 is 1.10 bits per heavy atom. The zero-order chi connectivity index (χ0) is 15.4. The number of hydrogen-bond donors (Lipinski definition) is 3. The van der Waals surface area contributed by atoms with Gasteiger partial charge in [0.2, 0.25) is 11.8 Å². The van der Waals surface area contributed by atoms with E-state index in [2.05, 4.69) is 10.5 Å². The number of hydrogen-bond acceptors (Lipinski definition) is 5. The van der Waals surface area contributed by atoms with Gasteiger partial charge >= 0.3 is 6.03 Å². The lowest BCUT2D eigenvalue weighted by Gasteiger charge is -2.20. The van der Waals surface area contributed by atoms with Gasteiger partial charge in [0.05, 0.1) is 5.71 Å². The van der Waals surface area contributed by atoms with E-state index in [1.54, 1.807) is 30.3 Å². The molecule has 8 heteroatoms. The summed E-state index contributed by atoms with van der Waals surface area (Å²) >= 11 is 0. The fourth-order valence-corrected chi connectivity index (χ4v) is 1.76. The van der Waals surface area contributed by atoms with Crippen LogP contribution in [-0.2, 0) is 9.59 Å². The molecular weight excluding hydrogens is 276 g/mol. The Hall–Kier alpha value is -3.03. The lowest BCUT2D eigenvalue weighted by Crippen LogP contribution is -2.57. The van der Waals surface area contributed by atoms with Crippen LogP contribution in [-0.4, -0.2) is 29.5 Å². The van der Waals surface area contributed by atoms with Crippen molar-refractivity contribution in [3.8, 4) is 0 Å². The van der Waals surface area contributed by atoms with Crippen molar-refractivity contribution >= 4 is 29.5 Å². The highest BCUT2D eigenvalue weighted by atomic mass is 16.2. The fourth-order valence-electron chi connectivity index (χ4n) is 1.76. The molecule has 1 aromatic carbocycles. The molecule has 3 N–H and O–H groups in total. The maximum atomic E-state index is 11.8. The Labute approximate surface area is 119 Å². The Morgan fingerprint density at radius 3 is 2.24 bits per heavy atom. The number of carbonyl (C=O) groups excluding carboxylic acids is 4. The standard InChI is InChI=1S/C13H12N4O4/c1-7(9-11(19)14-13(21)15-12(9)20)16-17-10(18)8-5-3-2-4-6-8/h2-6,9H,1H3,(H,17,18)(H2,14,15,19,20,21)/b16-7+. The molecule has 0 unspecified atom stereocenters. The van der Waals surface area contributed by atoms with E-state index in [0.29, 0.717) is 5.56 Å². The monoisotopic (exact) mass is 288 g/mol. The molecule has 2 rings (SSSR count). The van der Waals surface area contributed by atoms with Gasteiger partial charge in [-0.15, -0.1) is 0 Å². The van der Waals surface area contributed by atoms with Gasteiger partial charge in [0, 0.05) is 5.56 Å². The maximum Gasteiger partial charge on any atom is 0.328 e. The highest BCUT2D eigenvalue weighted by molar-refractivity contribution is 6.27. The Bertz CT molecular complexity index is 619. The Balaban J connectivity index is 2.07. The number of amides is 5. The zero-order valence-corrected chi connectivity index (χ0v) is 11.0. The summed E-state index contributed by atoms with van der Waals surface area (Å²) in [5.74, 6) is -3.28. The van der Waals surface area contributed by atoms with Gasteiger partial charge in [-0.25, -0.2) is 10.2 Å². The smallest absolute Gasteiger partial charge is 0.277 e. The summed E-state index contributed by atoms with van der Waals surface area (Å²) in [5, 5.41) is 7.65. The summed E-state index contributed by atoms with van der Waals surface area (Å²) < 4.78 is 0. The van der Waals surface area contributed by atoms with Crippen molar-refractivity contribution in [2.75, 3.05) is 0 Å². The third-order valence-electron chi connectivity index (χ3n) is 2.79. The van der Waals surface area contributed by atoms with E-state index in [0.717, 1.165) is 0 Å². The lowest BCUT2D eigenvalue weighted by molar-refractivity contribution is -0.132. The second kappa shape index (κ2) is 5.95. The number of urea groups is 1. The van der Waals surface area contributed by atoms with Crippen molar-refractivity contribution in [2.45, 2.75) is 6.92 Å². The van der Waals surface area contributed by atoms with E-state index in [-0.39, 0.29) is 5.71 Å². The van der Waals surface area contributed by atoms with E-state index in [4.69, 9.17) is 0 Å². The molecule has 1 saturated heterocycles. The van der Waals surface area contributed by atoms with Crippen LogP contribution in [0.1, 0.15) is 17.3 Å².